The quantitative estimate of drug-likeness (QED) is 0.271. The van der Waals surface area contributed by atoms with Gasteiger partial charge < -0.3 is 24.4 Å². The van der Waals surface area contributed by atoms with Gasteiger partial charge in [0.15, 0.2) is 0 Å². The third kappa shape index (κ3) is 4.69. The van der Waals surface area contributed by atoms with E-state index in [9.17, 15) is 19.5 Å². The Hall–Kier alpha value is -2.97. The minimum Gasteiger partial charge on any atom is -0.465 e. The average molecular weight is 525 g/mol. The van der Waals surface area contributed by atoms with Crippen LogP contribution in [0, 0.1) is 11.8 Å². The maximum atomic E-state index is 14.4. The molecule has 0 radical (unpaired) electrons. The molecule has 1 aromatic rings. The normalized spacial score (nSPS) is 28.6. The zero-order valence-corrected chi connectivity index (χ0v) is 22.7. The van der Waals surface area contributed by atoms with Gasteiger partial charge in [-0.25, -0.2) is 0 Å². The highest BCUT2D eigenvalue weighted by Crippen LogP contribution is 2.60. The van der Waals surface area contributed by atoms with E-state index >= 15 is 0 Å². The summed E-state index contributed by atoms with van der Waals surface area (Å²) in [5.41, 5.74) is -1.02. The topological polar surface area (TPSA) is 96.4 Å². The number of amides is 2. The number of allylic oxidation sites excluding steroid dienone is 1. The Morgan fingerprint density at radius 2 is 1.97 bits per heavy atom. The van der Waals surface area contributed by atoms with Crippen LogP contribution >= 0.6 is 0 Å². The van der Waals surface area contributed by atoms with Crippen molar-refractivity contribution >= 4 is 17.8 Å². The first-order valence-corrected chi connectivity index (χ1v) is 13.5. The van der Waals surface area contributed by atoms with Crippen molar-refractivity contribution in [2.45, 2.75) is 75.8 Å². The standard InChI is InChI=1S/C30H40N2O6/c1-6-8-12-18-37-28(36)23-22-15-16-30(38-22)24(23)26(34)32(21(19-33)20-13-10-9-11-14-20)25(30)27(35)31(17-7-2)29(3,4)5/h6-7,9-11,13-14,21-25,33H,1-2,8,12,15-19H2,3-5H3/t21-,22-,23+,24+,25?,30?/m1/s1. The van der Waals surface area contributed by atoms with E-state index in [-0.39, 0.29) is 31.6 Å². The summed E-state index contributed by atoms with van der Waals surface area (Å²) in [5, 5.41) is 10.6. The number of rotatable bonds is 11. The zero-order valence-electron chi connectivity index (χ0n) is 22.7. The molecule has 3 aliphatic rings. The Kier molecular flexibility index (Phi) is 8.14. The molecule has 0 aliphatic carbocycles. The predicted octanol–water partition coefficient (Wildman–Crippen LogP) is 3.42. The van der Waals surface area contributed by atoms with Gasteiger partial charge in [-0.2, -0.15) is 0 Å². The van der Waals surface area contributed by atoms with Crippen LogP contribution in [0.1, 0.15) is 58.1 Å². The number of esters is 1. The third-order valence-electron chi connectivity index (χ3n) is 8.12. The summed E-state index contributed by atoms with van der Waals surface area (Å²) in [6, 6.07) is 7.41. The van der Waals surface area contributed by atoms with Gasteiger partial charge in [-0.05, 0) is 52.0 Å². The highest BCUT2D eigenvalue weighted by Gasteiger charge is 2.76. The van der Waals surface area contributed by atoms with E-state index in [1.54, 1.807) is 17.1 Å². The van der Waals surface area contributed by atoms with Crippen LogP contribution in [0.25, 0.3) is 0 Å². The van der Waals surface area contributed by atoms with E-state index < -0.39 is 47.1 Å². The third-order valence-corrected chi connectivity index (χ3v) is 8.12. The molecule has 1 spiro atoms. The first-order valence-electron chi connectivity index (χ1n) is 13.5. The molecule has 2 bridgehead atoms. The number of likely N-dealkylation sites (tertiary alicyclic amines) is 1. The molecule has 8 nitrogen and oxygen atoms in total. The summed E-state index contributed by atoms with van der Waals surface area (Å²) < 4.78 is 12.1. The van der Waals surface area contributed by atoms with Crippen LogP contribution in [0.3, 0.4) is 0 Å². The van der Waals surface area contributed by atoms with Crippen LogP contribution in [-0.4, -0.2) is 75.7 Å². The molecule has 1 N–H and O–H groups in total. The molecule has 38 heavy (non-hydrogen) atoms. The minimum atomic E-state index is -1.17. The van der Waals surface area contributed by atoms with Crippen LogP contribution in [0.2, 0.25) is 0 Å². The minimum absolute atomic E-state index is 0.231. The van der Waals surface area contributed by atoms with Crippen LogP contribution in [0.5, 0.6) is 0 Å². The van der Waals surface area contributed by atoms with Gasteiger partial charge in [-0.15, -0.1) is 13.2 Å². The first-order chi connectivity index (χ1) is 18.1. The van der Waals surface area contributed by atoms with E-state index in [0.29, 0.717) is 24.8 Å². The number of carbonyl (C=O) groups excluding carboxylic acids is 3. The second kappa shape index (κ2) is 11.0. The Labute approximate surface area is 225 Å². The number of ether oxygens (including phenoxy) is 2. The van der Waals surface area contributed by atoms with Gasteiger partial charge in [0.2, 0.25) is 11.8 Å². The Morgan fingerprint density at radius 3 is 2.58 bits per heavy atom. The Bertz CT molecular complexity index is 1070. The Balaban J connectivity index is 1.78. The van der Waals surface area contributed by atoms with Gasteiger partial charge in [0.25, 0.3) is 0 Å². The van der Waals surface area contributed by atoms with E-state index in [1.807, 2.05) is 51.1 Å². The molecule has 206 valence electrons. The molecule has 3 heterocycles. The van der Waals surface area contributed by atoms with Crippen molar-refractivity contribution in [2.24, 2.45) is 11.8 Å². The number of aliphatic hydroxyl groups excluding tert-OH is 1. The van der Waals surface area contributed by atoms with Crippen molar-refractivity contribution in [1.82, 2.24) is 9.80 Å². The number of hydrogen-bond acceptors (Lipinski definition) is 6. The smallest absolute Gasteiger partial charge is 0.312 e. The molecule has 6 atom stereocenters. The molecule has 3 fully saturated rings. The molecule has 1 aromatic carbocycles. The molecule has 3 aliphatic heterocycles. The highest BCUT2D eigenvalue weighted by molar-refractivity contribution is 5.98. The molecule has 3 saturated heterocycles. The van der Waals surface area contributed by atoms with Crippen molar-refractivity contribution in [3.63, 3.8) is 0 Å². The number of fused-ring (bicyclic) bond motifs is 1. The van der Waals surface area contributed by atoms with Gasteiger partial charge in [-0.3, -0.25) is 14.4 Å². The van der Waals surface area contributed by atoms with Crippen LogP contribution < -0.4 is 0 Å². The van der Waals surface area contributed by atoms with Crippen molar-refractivity contribution < 1.29 is 29.0 Å². The number of benzene rings is 1. The number of nitrogens with zero attached hydrogens (tertiary/aromatic N) is 2. The van der Waals surface area contributed by atoms with Crippen molar-refractivity contribution in [3.05, 3.63) is 61.2 Å². The summed E-state index contributed by atoms with van der Waals surface area (Å²) in [4.78, 5) is 45.2. The fraction of sp³-hybridized carbons (Fsp3) is 0.567. The lowest BCUT2D eigenvalue weighted by molar-refractivity contribution is -0.157. The fourth-order valence-electron chi connectivity index (χ4n) is 6.47. The van der Waals surface area contributed by atoms with Crippen molar-refractivity contribution in [3.8, 4) is 0 Å². The van der Waals surface area contributed by atoms with Gasteiger partial charge in [0.05, 0.1) is 37.2 Å². The molecule has 2 amide bonds. The van der Waals surface area contributed by atoms with Crippen molar-refractivity contribution in [2.75, 3.05) is 19.8 Å². The lowest BCUT2D eigenvalue weighted by Gasteiger charge is -2.43. The second-order valence-electron chi connectivity index (χ2n) is 11.4. The summed E-state index contributed by atoms with van der Waals surface area (Å²) in [7, 11) is 0. The van der Waals surface area contributed by atoms with Crippen molar-refractivity contribution in [1.29, 1.82) is 0 Å². The van der Waals surface area contributed by atoms with E-state index in [1.165, 1.54) is 4.90 Å². The summed E-state index contributed by atoms with van der Waals surface area (Å²) in [5.74, 6) is -2.74. The first kappa shape index (κ1) is 28.0. The Morgan fingerprint density at radius 1 is 1.26 bits per heavy atom. The average Bonchev–Trinajstić information content (AvgIpc) is 3.53. The van der Waals surface area contributed by atoms with Gasteiger partial charge in [0.1, 0.15) is 11.6 Å². The zero-order chi connectivity index (χ0) is 27.7. The maximum absolute atomic E-state index is 14.4. The molecule has 8 heteroatoms. The molecule has 2 unspecified atom stereocenters. The molecular formula is C30H40N2O6. The van der Waals surface area contributed by atoms with Gasteiger partial charge >= 0.3 is 5.97 Å². The van der Waals surface area contributed by atoms with Gasteiger partial charge in [-0.1, -0.05) is 42.5 Å². The monoisotopic (exact) mass is 524 g/mol. The second-order valence-corrected chi connectivity index (χ2v) is 11.4. The summed E-state index contributed by atoms with van der Waals surface area (Å²) >= 11 is 0. The lowest BCUT2D eigenvalue weighted by atomic mass is 9.70. The highest BCUT2D eigenvalue weighted by atomic mass is 16.6. The molecule has 0 saturated carbocycles. The maximum Gasteiger partial charge on any atom is 0.312 e. The largest absolute Gasteiger partial charge is 0.465 e. The number of unbranched alkanes of at least 4 members (excludes halogenated alkanes) is 1. The lowest BCUT2D eigenvalue weighted by Crippen LogP contribution is -2.60. The predicted molar refractivity (Wildman–Crippen MR) is 143 cm³/mol. The van der Waals surface area contributed by atoms with E-state index in [0.717, 1.165) is 6.42 Å². The molecular weight excluding hydrogens is 484 g/mol. The van der Waals surface area contributed by atoms with Gasteiger partial charge in [0, 0.05) is 12.1 Å². The summed E-state index contributed by atoms with van der Waals surface area (Å²) in [6.45, 7) is 13.5. The number of aliphatic hydroxyl groups is 1. The fourth-order valence-corrected chi connectivity index (χ4v) is 6.47. The molecule has 0 aromatic heterocycles. The molecule has 4 rings (SSSR count). The number of hydrogen-bond donors (Lipinski definition) is 1. The summed E-state index contributed by atoms with van der Waals surface area (Å²) in [6.07, 6.45) is 5.33. The van der Waals surface area contributed by atoms with E-state index in [4.69, 9.17) is 9.47 Å². The van der Waals surface area contributed by atoms with Crippen LogP contribution in [0.15, 0.2) is 55.6 Å². The number of carbonyl (C=O) groups is 3. The van der Waals surface area contributed by atoms with Crippen LogP contribution in [-0.2, 0) is 23.9 Å². The van der Waals surface area contributed by atoms with Crippen LogP contribution in [0.4, 0.5) is 0 Å². The SMILES string of the molecule is C=CCCCOC(=O)[C@@H]1[C@H]2C(=O)N([C@H](CO)c3ccccc3)C(C(=O)N(CC=C)C(C)(C)C)C23CC[C@H]1O3. The van der Waals surface area contributed by atoms with E-state index in [2.05, 4.69) is 13.2 Å².